The third-order valence-corrected chi connectivity index (χ3v) is 4.93. The zero-order valence-electron chi connectivity index (χ0n) is 19.4. The van der Waals surface area contributed by atoms with Crippen molar-refractivity contribution in [2.24, 2.45) is 5.92 Å². The Hall–Kier alpha value is -3.80. The Morgan fingerprint density at radius 2 is 1.52 bits per heavy atom. The van der Waals surface area contributed by atoms with E-state index in [1.54, 1.807) is 4.90 Å². The minimum Gasteiger partial charge on any atom is -0.457 e. The van der Waals surface area contributed by atoms with E-state index < -0.39 is 0 Å². The average molecular weight is 446 g/mol. The van der Waals surface area contributed by atoms with Crippen LogP contribution in [0.3, 0.4) is 0 Å². The van der Waals surface area contributed by atoms with Gasteiger partial charge in [-0.25, -0.2) is 4.79 Å². The molecule has 3 amide bonds. The van der Waals surface area contributed by atoms with Crippen molar-refractivity contribution in [2.75, 3.05) is 23.3 Å². The van der Waals surface area contributed by atoms with Crippen molar-refractivity contribution < 1.29 is 14.3 Å². The molecule has 2 N–H and O–H groups in total. The molecule has 0 aromatic heterocycles. The molecule has 0 spiro atoms. The van der Waals surface area contributed by atoms with Gasteiger partial charge in [0, 0.05) is 30.9 Å². The van der Waals surface area contributed by atoms with Gasteiger partial charge in [0.2, 0.25) is 5.91 Å². The number of amides is 3. The van der Waals surface area contributed by atoms with E-state index in [1.807, 2.05) is 99.6 Å². The molecule has 0 saturated carbocycles. The summed E-state index contributed by atoms with van der Waals surface area (Å²) in [6.07, 6.45) is 0.459. The second-order valence-electron chi connectivity index (χ2n) is 8.30. The third-order valence-electron chi connectivity index (χ3n) is 4.93. The lowest BCUT2D eigenvalue weighted by Crippen LogP contribution is -2.41. The Balaban J connectivity index is 1.71. The molecule has 0 saturated heterocycles. The molecule has 0 aliphatic rings. The molecule has 0 aliphatic carbocycles. The summed E-state index contributed by atoms with van der Waals surface area (Å²) in [5, 5.41) is 5.83. The van der Waals surface area contributed by atoms with E-state index in [9.17, 15) is 9.59 Å². The number of benzene rings is 3. The number of nitrogens with one attached hydrogen (secondary N) is 2. The van der Waals surface area contributed by atoms with E-state index in [0.717, 1.165) is 11.3 Å². The molecule has 33 heavy (non-hydrogen) atoms. The van der Waals surface area contributed by atoms with Gasteiger partial charge in [-0.1, -0.05) is 49.7 Å². The van der Waals surface area contributed by atoms with Crippen LogP contribution in [0, 0.1) is 12.8 Å². The average Bonchev–Trinajstić information content (AvgIpc) is 2.79. The monoisotopic (exact) mass is 445 g/mol. The van der Waals surface area contributed by atoms with Crippen LogP contribution >= 0.6 is 0 Å². The SMILES string of the molecule is Cc1ccc(NC(=O)N(CCNC(=O)CC(C)C)c2ccc(Oc3ccccc3)cc2)cc1. The van der Waals surface area contributed by atoms with Crippen molar-refractivity contribution in [1.82, 2.24) is 5.32 Å². The molecule has 6 nitrogen and oxygen atoms in total. The molecule has 3 aromatic carbocycles. The summed E-state index contributed by atoms with van der Waals surface area (Å²) in [5.74, 6) is 1.68. The molecule has 172 valence electrons. The van der Waals surface area contributed by atoms with Gasteiger partial charge >= 0.3 is 6.03 Å². The number of hydrogen-bond acceptors (Lipinski definition) is 3. The van der Waals surface area contributed by atoms with E-state index in [2.05, 4.69) is 10.6 Å². The molecule has 3 rings (SSSR count). The normalized spacial score (nSPS) is 10.5. The Labute approximate surface area is 195 Å². The highest BCUT2D eigenvalue weighted by atomic mass is 16.5. The van der Waals surface area contributed by atoms with Gasteiger partial charge in [-0.3, -0.25) is 9.69 Å². The molecule has 0 fully saturated rings. The lowest BCUT2D eigenvalue weighted by molar-refractivity contribution is -0.121. The van der Waals surface area contributed by atoms with Gasteiger partial charge in [-0.2, -0.15) is 0 Å². The molecule has 0 bridgehead atoms. The maximum Gasteiger partial charge on any atom is 0.326 e. The lowest BCUT2D eigenvalue weighted by Gasteiger charge is -2.24. The van der Waals surface area contributed by atoms with E-state index in [4.69, 9.17) is 4.74 Å². The van der Waals surface area contributed by atoms with Gasteiger partial charge in [0.15, 0.2) is 0 Å². The number of carbonyl (C=O) groups is 2. The highest BCUT2D eigenvalue weighted by molar-refractivity contribution is 6.01. The van der Waals surface area contributed by atoms with Gasteiger partial charge in [0.25, 0.3) is 0 Å². The first-order chi connectivity index (χ1) is 15.9. The van der Waals surface area contributed by atoms with E-state index >= 15 is 0 Å². The zero-order valence-corrected chi connectivity index (χ0v) is 19.4. The summed E-state index contributed by atoms with van der Waals surface area (Å²) in [5.41, 5.74) is 2.54. The van der Waals surface area contributed by atoms with Gasteiger partial charge in [0.1, 0.15) is 11.5 Å². The number of ether oxygens (including phenoxy) is 1. The Bertz CT molecular complexity index is 1030. The van der Waals surface area contributed by atoms with Crippen LogP contribution in [0.25, 0.3) is 0 Å². The predicted octanol–water partition coefficient (Wildman–Crippen LogP) is 5.99. The number of anilines is 2. The van der Waals surface area contributed by atoms with Crippen LogP contribution in [0.15, 0.2) is 78.9 Å². The van der Waals surface area contributed by atoms with Crippen LogP contribution in [0.1, 0.15) is 25.8 Å². The molecule has 0 heterocycles. The quantitative estimate of drug-likeness (QED) is 0.425. The number of aryl methyl sites for hydroxylation is 1. The predicted molar refractivity (Wildman–Crippen MR) is 133 cm³/mol. The topological polar surface area (TPSA) is 70.7 Å². The fourth-order valence-corrected chi connectivity index (χ4v) is 3.24. The van der Waals surface area contributed by atoms with Gasteiger partial charge in [0.05, 0.1) is 0 Å². The summed E-state index contributed by atoms with van der Waals surface area (Å²) in [6, 6.07) is 24.2. The van der Waals surface area contributed by atoms with Crippen molar-refractivity contribution in [3.63, 3.8) is 0 Å². The number of nitrogens with zero attached hydrogens (tertiary/aromatic N) is 1. The molecule has 0 unspecified atom stereocenters. The summed E-state index contributed by atoms with van der Waals surface area (Å²) in [4.78, 5) is 26.7. The first kappa shape index (κ1) is 23.9. The summed E-state index contributed by atoms with van der Waals surface area (Å²) in [6.45, 7) is 6.69. The fourth-order valence-electron chi connectivity index (χ4n) is 3.24. The largest absolute Gasteiger partial charge is 0.457 e. The molecular weight excluding hydrogens is 414 g/mol. The van der Waals surface area contributed by atoms with Gasteiger partial charge in [-0.15, -0.1) is 0 Å². The van der Waals surface area contributed by atoms with Crippen molar-refractivity contribution in [2.45, 2.75) is 27.2 Å². The van der Waals surface area contributed by atoms with E-state index in [1.165, 1.54) is 0 Å². The number of hydrogen-bond donors (Lipinski definition) is 2. The van der Waals surface area contributed by atoms with Crippen LogP contribution in [-0.4, -0.2) is 25.0 Å². The summed E-state index contributed by atoms with van der Waals surface area (Å²) in [7, 11) is 0. The van der Waals surface area contributed by atoms with Crippen molar-refractivity contribution in [3.05, 3.63) is 84.4 Å². The van der Waals surface area contributed by atoms with Gasteiger partial charge < -0.3 is 15.4 Å². The Kier molecular flexibility index (Phi) is 8.47. The standard InChI is InChI=1S/C27H31N3O3/c1-20(2)19-26(31)28-17-18-30(27(32)29-22-11-9-21(3)10-12-22)23-13-15-25(16-14-23)33-24-7-5-4-6-8-24/h4-16,20H,17-19H2,1-3H3,(H,28,31)(H,29,32). The molecule has 0 atom stereocenters. The molecular formula is C27H31N3O3. The highest BCUT2D eigenvalue weighted by Gasteiger charge is 2.17. The van der Waals surface area contributed by atoms with Crippen molar-refractivity contribution in [3.8, 4) is 11.5 Å². The zero-order chi connectivity index (χ0) is 23.6. The van der Waals surface area contributed by atoms with Crippen LogP contribution in [0.5, 0.6) is 11.5 Å². The molecule has 0 radical (unpaired) electrons. The van der Waals surface area contributed by atoms with Crippen LogP contribution in [0.2, 0.25) is 0 Å². The number of rotatable bonds is 9. The minimum atomic E-state index is -0.270. The maximum atomic E-state index is 13.1. The number of para-hydroxylation sites is 1. The third kappa shape index (κ3) is 7.68. The Morgan fingerprint density at radius 1 is 0.879 bits per heavy atom. The summed E-state index contributed by atoms with van der Waals surface area (Å²) >= 11 is 0. The molecule has 0 aliphatic heterocycles. The van der Waals surface area contributed by atoms with Gasteiger partial charge in [-0.05, 0) is 61.4 Å². The van der Waals surface area contributed by atoms with E-state index in [-0.39, 0.29) is 17.9 Å². The van der Waals surface area contributed by atoms with E-state index in [0.29, 0.717) is 36.6 Å². The minimum absolute atomic E-state index is 0.0181. The van der Waals surface area contributed by atoms with Crippen LogP contribution in [-0.2, 0) is 4.79 Å². The lowest BCUT2D eigenvalue weighted by atomic mass is 10.1. The second-order valence-corrected chi connectivity index (χ2v) is 8.30. The van der Waals surface area contributed by atoms with Crippen LogP contribution in [0.4, 0.5) is 16.2 Å². The number of carbonyl (C=O) groups excluding carboxylic acids is 2. The molecule has 6 heteroatoms. The highest BCUT2D eigenvalue weighted by Crippen LogP contribution is 2.25. The first-order valence-corrected chi connectivity index (χ1v) is 11.2. The maximum absolute atomic E-state index is 13.1. The van der Waals surface area contributed by atoms with Crippen molar-refractivity contribution >= 4 is 23.3 Å². The number of urea groups is 1. The first-order valence-electron chi connectivity index (χ1n) is 11.2. The summed E-state index contributed by atoms with van der Waals surface area (Å²) < 4.78 is 5.85. The molecule has 3 aromatic rings. The Morgan fingerprint density at radius 3 is 2.15 bits per heavy atom. The van der Waals surface area contributed by atoms with Crippen LogP contribution < -0.4 is 20.3 Å². The fraction of sp³-hybridized carbons (Fsp3) is 0.259. The second kappa shape index (κ2) is 11.7. The smallest absolute Gasteiger partial charge is 0.326 e. The van der Waals surface area contributed by atoms with Crippen molar-refractivity contribution in [1.29, 1.82) is 0 Å².